The lowest BCUT2D eigenvalue weighted by atomic mass is 9.83. The zero-order chi connectivity index (χ0) is 13.6. The quantitative estimate of drug-likeness (QED) is 0.856. The highest BCUT2D eigenvalue weighted by Gasteiger charge is 2.52. The number of hydrogen-bond acceptors (Lipinski definition) is 3. The second kappa shape index (κ2) is 4.57. The Morgan fingerprint density at radius 3 is 2.60 bits per heavy atom. The van der Waals surface area contributed by atoms with Gasteiger partial charge in [0.1, 0.15) is 0 Å². The summed E-state index contributed by atoms with van der Waals surface area (Å²) in [7, 11) is 0. The van der Waals surface area contributed by atoms with Crippen LogP contribution in [0.2, 0.25) is 0 Å². The molecule has 0 aromatic heterocycles. The van der Waals surface area contributed by atoms with E-state index in [2.05, 4.69) is 17.4 Å². The summed E-state index contributed by atoms with van der Waals surface area (Å²) in [6, 6.07) is 6.26. The number of nitrogens with one attached hydrogen (secondary N) is 1. The van der Waals surface area contributed by atoms with E-state index < -0.39 is 5.79 Å². The number of fused-ring (bicyclic) bond motifs is 2. The third kappa shape index (κ3) is 1.71. The van der Waals surface area contributed by atoms with Crippen molar-refractivity contribution in [2.75, 3.05) is 18.5 Å². The fourth-order valence-corrected chi connectivity index (χ4v) is 3.66. The van der Waals surface area contributed by atoms with Crippen LogP contribution in [0.3, 0.4) is 0 Å². The predicted octanol–water partition coefficient (Wildman–Crippen LogP) is 2.89. The molecule has 1 saturated heterocycles. The fraction of sp³-hybridized carbons (Fsp3) is 0.562. The Morgan fingerprint density at radius 2 is 1.85 bits per heavy atom. The number of benzene rings is 1. The molecule has 1 aliphatic carbocycles. The van der Waals surface area contributed by atoms with Gasteiger partial charge in [0.25, 0.3) is 11.7 Å². The minimum Gasteiger partial charge on any atom is -0.336 e. The van der Waals surface area contributed by atoms with E-state index in [0.717, 1.165) is 11.3 Å². The molecule has 106 valence electrons. The Kier molecular flexibility index (Phi) is 2.82. The summed E-state index contributed by atoms with van der Waals surface area (Å²) < 4.78 is 11.3. The Balaban J connectivity index is 1.73. The SMILES string of the molecule is O=C1Nc2ccc(C3CCCCC3)cc2C12OCCO2. The molecule has 1 saturated carbocycles. The average Bonchev–Trinajstić information content (AvgIpc) is 3.08. The van der Waals surface area contributed by atoms with Crippen LogP contribution >= 0.6 is 0 Å². The summed E-state index contributed by atoms with van der Waals surface area (Å²) in [5, 5.41) is 2.87. The molecule has 0 bridgehead atoms. The molecule has 2 fully saturated rings. The van der Waals surface area contributed by atoms with Crippen molar-refractivity contribution in [2.24, 2.45) is 0 Å². The van der Waals surface area contributed by atoms with Crippen molar-refractivity contribution in [1.82, 2.24) is 0 Å². The van der Waals surface area contributed by atoms with Crippen molar-refractivity contribution in [3.8, 4) is 0 Å². The highest BCUT2D eigenvalue weighted by atomic mass is 16.7. The number of carbonyl (C=O) groups excluding carboxylic acids is 1. The Morgan fingerprint density at radius 1 is 1.10 bits per heavy atom. The van der Waals surface area contributed by atoms with Crippen LogP contribution in [-0.4, -0.2) is 19.1 Å². The van der Waals surface area contributed by atoms with Crippen LogP contribution in [0.15, 0.2) is 18.2 Å². The molecule has 20 heavy (non-hydrogen) atoms. The Bertz CT molecular complexity index is 543. The van der Waals surface area contributed by atoms with E-state index in [0.29, 0.717) is 19.1 Å². The summed E-state index contributed by atoms with van der Waals surface area (Å²) in [4.78, 5) is 12.2. The monoisotopic (exact) mass is 273 g/mol. The third-order valence-electron chi connectivity index (χ3n) is 4.72. The molecule has 1 spiro atoms. The third-order valence-corrected chi connectivity index (χ3v) is 4.72. The molecule has 0 radical (unpaired) electrons. The first-order valence-electron chi connectivity index (χ1n) is 7.53. The molecule has 3 aliphatic rings. The van der Waals surface area contributed by atoms with E-state index in [4.69, 9.17) is 9.47 Å². The number of carbonyl (C=O) groups is 1. The molecule has 0 unspecified atom stereocenters. The second-order valence-electron chi connectivity index (χ2n) is 5.91. The lowest BCUT2D eigenvalue weighted by Gasteiger charge is -2.24. The highest BCUT2D eigenvalue weighted by Crippen LogP contribution is 2.44. The lowest BCUT2D eigenvalue weighted by Crippen LogP contribution is -2.35. The molecule has 0 atom stereocenters. The molecule has 1 amide bonds. The summed E-state index contributed by atoms with van der Waals surface area (Å²) in [5.74, 6) is -0.756. The van der Waals surface area contributed by atoms with E-state index >= 15 is 0 Å². The van der Waals surface area contributed by atoms with Gasteiger partial charge in [0.05, 0.1) is 18.9 Å². The average molecular weight is 273 g/mol. The standard InChI is InChI=1S/C16H19NO3/c18-15-16(19-8-9-20-16)13-10-12(6-7-14(13)17-15)11-4-2-1-3-5-11/h6-7,10-11H,1-5,8-9H2,(H,17,18). The summed E-state index contributed by atoms with van der Waals surface area (Å²) in [5.41, 5.74) is 3.01. The number of amides is 1. The number of ether oxygens (including phenoxy) is 2. The zero-order valence-electron chi connectivity index (χ0n) is 11.5. The molecule has 2 aliphatic heterocycles. The minimum absolute atomic E-state index is 0.189. The van der Waals surface area contributed by atoms with Gasteiger partial charge >= 0.3 is 0 Å². The Labute approximate surface area is 118 Å². The highest BCUT2D eigenvalue weighted by molar-refractivity contribution is 6.04. The van der Waals surface area contributed by atoms with Crippen LogP contribution in [0.5, 0.6) is 0 Å². The van der Waals surface area contributed by atoms with Gasteiger partial charge in [-0.2, -0.15) is 0 Å². The van der Waals surface area contributed by atoms with E-state index in [1.54, 1.807) is 0 Å². The van der Waals surface area contributed by atoms with Crippen molar-refractivity contribution in [2.45, 2.75) is 43.8 Å². The van der Waals surface area contributed by atoms with Gasteiger partial charge in [-0.05, 0) is 36.5 Å². The number of anilines is 1. The molecule has 4 nitrogen and oxygen atoms in total. The van der Waals surface area contributed by atoms with E-state index in [1.807, 2.05) is 6.07 Å². The molecular formula is C16H19NO3. The van der Waals surface area contributed by atoms with Gasteiger partial charge in [-0.25, -0.2) is 0 Å². The van der Waals surface area contributed by atoms with Gasteiger partial charge in [0.2, 0.25) is 0 Å². The van der Waals surface area contributed by atoms with E-state index in [1.165, 1.54) is 37.7 Å². The summed E-state index contributed by atoms with van der Waals surface area (Å²) >= 11 is 0. The second-order valence-corrected chi connectivity index (χ2v) is 5.91. The van der Waals surface area contributed by atoms with E-state index in [-0.39, 0.29) is 5.91 Å². The van der Waals surface area contributed by atoms with Crippen molar-refractivity contribution in [1.29, 1.82) is 0 Å². The van der Waals surface area contributed by atoms with Crippen LogP contribution in [0.25, 0.3) is 0 Å². The molecular weight excluding hydrogens is 254 g/mol. The molecule has 1 aromatic rings. The maximum absolute atomic E-state index is 12.2. The topological polar surface area (TPSA) is 47.6 Å². The summed E-state index contributed by atoms with van der Waals surface area (Å²) in [6.07, 6.45) is 6.44. The van der Waals surface area contributed by atoms with Gasteiger partial charge in [-0.1, -0.05) is 25.3 Å². The maximum Gasteiger partial charge on any atom is 0.289 e. The maximum atomic E-state index is 12.2. The van der Waals surface area contributed by atoms with Gasteiger partial charge in [-0.3, -0.25) is 4.79 Å². The van der Waals surface area contributed by atoms with Crippen molar-refractivity contribution in [3.05, 3.63) is 29.3 Å². The van der Waals surface area contributed by atoms with Crippen molar-refractivity contribution in [3.63, 3.8) is 0 Å². The first-order chi connectivity index (χ1) is 9.79. The first kappa shape index (κ1) is 12.4. The first-order valence-corrected chi connectivity index (χ1v) is 7.53. The molecule has 1 aromatic carbocycles. The van der Waals surface area contributed by atoms with Crippen LogP contribution in [0, 0.1) is 0 Å². The van der Waals surface area contributed by atoms with Crippen molar-refractivity contribution >= 4 is 11.6 Å². The normalized spacial score (nSPS) is 24.9. The lowest BCUT2D eigenvalue weighted by molar-refractivity contribution is -0.178. The van der Waals surface area contributed by atoms with E-state index in [9.17, 15) is 4.79 Å². The van der Waals surface area contributed by atoms with Crippen LogP contribution < -0.4 is 5.32 Å². The van der Waals surface area contributed by atoms with Crippen LogP contribution in [0.1, 0.15) is 49.1 Å². The van der Waals surface area contributed by atoms with Gasteiger partial charge in [-0.15, -0.1) is 0 Å². The molecule has 2 heterocycles. The molecule has 4 rings (SSSR count). The zero-order valence-corrected chi connectivity index (χ0v) is 11.5. The van der Waals surface area contributed by atoms with Crippen molar-refractivity contribution < 1.29 is 14.3 Å². The number of rotatable bonds is 1. The summed E-state index contributed by atoms with van der Waals surface area (Å²) in [6.45, 7) is 0.945. The van der Waals surface area contributed by atoms with Gasteiger partial charge in [0.15, 0.2) is 0 Å². The molecule has 4 heteroatoms. The minimum atomic E-state index is -1.18. The van der Waals surface area contributed by atoms with Crippen LogP contribution in [0.4, 0.5) is 5.69 Å². The van der Waals surface area contributed by atoms with Crippen LogP contribution in [-0.2, 0) is 20.1 Å². The smallest absolute Gasteiger partial charge is 0.289 e. The predicted molar refractivity (Wildman–Crippen MR) is 74.5 cm³/mol. The van der Waals surface area contributed by atoms with Gasteiger partial charge in [0, 0.05) is 5.56 Å². The molecule has 1 N–H and O–H groups in total. The largest absolute Gasteiger partial charge is 0.336 e. The Hall–Kier alpha value is -1.39. The van der Waals surface area contributed by atoms with Gasteiger partial charge < -0.3 is 14.8 Å². The fourth-order valence-electron chi connectivity index (χ4n) is 3.66. The number of hydrogen-bond donors (Lipinski definition) is 1.